The summed E-state index contributed by atoms with van der Waals surface area (Å²) in [6, 6.07) is 9.35. The highest BCUT2D eigenvalue weighted by Crippen LogP contribution is 2.17. The zero-order valence-corrected chi connectivity index (χ0v) is 23.9. The molecule has 3 heterocycles. The van der Waals surface area contributed by atoms with Crippen LogP contribution >= 0.6 is 0 Å². The van der Waals surface area contributed by atoms with E-state index in [4.69, 9.17) is 4.98 Å². The minimum absolute atomic E-state index is 0.0417. The van der Waals surface area contributed by atoms with Gasteiger partial charge in [0.2, 0.25) is 5.91 Å². The number of carbonyl (C=O) groups is 1. The minimum Gasteiger partial charge on any atom is -0.395 e. The Labute approximate surface area is 238 Å². The van der Waals surface area contributed by atoms with Gasteiger partial charge in [0.15, 0.2) is 11.2 Å². The molecular formula is C29H38N8O4. The molecule has 0 aliphatic heterocycles. The lowest BCUT2D eigenvalue weighted by Gasteiger charge is -2.20. The topological polar surface area (TPSA) is 140 Å². The fourth-order valence-corrected chi connectivity index (χ4v) is 5.00. The van der Waals surface area contributed by atoms with E-state index in [1.54, 1.807) is 17.0 Å². The van der Waals surface area contributed by atoms with Crippen molar-refractivity contribution in [3.63, 3.8) is 0 Å². The Morgan fingerprint density at radius 2 is 1.83 bits per heavy atom. The Morgan fingerprint density at radius 3 is 2.51 bits per heavy atom. The molecule has 0 unspecified atom stereocenters. The van der Waals surface area contributed by atoms with Gasteiger partial charge in [-0.3, -0.25) is 23.6 Å². The maximum atomic E-state index is 13.8. The van der Waals surface area contributed by atoms with E-state index < -0.39 is 0 Å². The van der Waals surface area contributed by atoms with Gasteiger partial charge in [-0.15, -0.1) is 0 Å². The Kier molecular flexibility index (Phi) is 10.1. The van der Waals surface area contributed by atoms with Crippen molar-refractivity contribution in [2.75, 3.05) is 31.6 Å². The molecule has 4 aromatic rings. The number of aromatic nitrogens is 6. The number of carbonyl (C=O) groups excluding carboxylic acids is 1. The van der Waals surface area contributed by atoms with E-state index in [9.17, 15) is 19.5 Å². The van der Waals surface area contributed by atoms with E-state index in [1.165, 1.54) is 11.5 Å². The van der Waals surface area contributed by atoms with Crippen molar-refractivity contribution in [2.24, 2.45) is 0 Å². The summed E-state index contributed by atoms with van der Waals surface area (Å²) in [5.74, 6) is 0.495. The van der Waals surface area contributed by atoms with Gasteiger partial charge in [-0.25, -0.2) is 9.78 Å². The molecule has 0 aliphatic rings. The molecule has 4 rings (SSSR count). The molecule has 1 aromatic carbocycles. The largest absolute Gasteiger partial charge is 0.395 e. The first-order valence-corrected chi connectivity index (χ1v) is 14.0. The maximum Gasteiger partial charge on any atom is 0.332 e. The predicted octanol–water partition coefficient (Wildman–Crippen LogP) is 1.67. The van der Waals surface area contributed by atoms with E-state index >= 15 is 0 Å². The molecule has 0 spiro atoms. The number of benzene rings is 1. The van der Waals surface area contributed by atoms with Crippen LogP contribution in [0.3, 0.4) is 0 Å². The van der Waals surface area contributed by atoms with Crippen molar-refractivity contribution in [1.29, 1.82) is 0 Å². The average Bonchev–Trinajstić information content (AvgIpc) is 3.31. The lowest BCUT2D eigenvalue weighted by Crippen LogP contribution is -2.41. The number of nitrogens with one attached hydrogen (secondary N) is 1. The van der Waals surface area contributed by atoms with Crippen LogP contribution in [0, 0.1) is 0 Å². The Morgan fingerprint density at radius 1 is 1.00 bits per heavy atom. The number of nitrogens with zero attached hydrogens (tertiary/aromatic N) is 7. The van der Waals surface area contributed by atoms with Gasteiger partial charge in [0, 0.05) is 58.0 Å². The number of rotatable bonds is 14. The van der Waals surface area contributed by atoms with Crippen LogP contribution in [-0.2, 0) is 37.3 Å². The molecule has 41 heavy (non-hydrogen) atoms. The molecule has 0 saturated carbocycles. The zero-order valence-electron chi connectivity index (χ0n) is 23.9. The fourth-order valence-electron chi connectivity index (χ4n) is 5.00. The molecular weight excluding hydrogens is 524 g/mol. The van der Waals surface area contributed by atoms with Crippen molar-refractivity contribution < 1.29 is 9.90 Å². The molecule has 0 radical (unpaired) electrons. The molecule has 1 amide bonds. The normalized spacial score (nSPS) is 11.4. The van der Waals surface area contributed by atoms with Gasteiger partial charge >= 0.3 is 5.69 Å². The van der Waals surface area contributed by atoms with Crippen LogP contribution in [0.1, 0.15) is 44.1 Å². The number of aliphatic hydroxyl groups is 1. The monoisotopic (exact) mass is 562 g/mol. The fraction of sp³-hybridized carbons (Fsp3) is 0.448. The van der Waals surface area contributed by atoms with E-state index in [-0.39, 0.29) is 23.8 Å². The van der Waals surface area contributed by atoms with Crippen molar-refractivity contribution in [3.05, 3.63) is 80.5 Å². The number of aliphatic hydroxyl groups excluding tert-OH is 1. The van der Waals surface area contributed by atoms with Gasteiger partial charge in [0.1, 0.15) is 5.82 Å². The highest BCUT2D eigenvalue weighted by Gasteiger charge is 2.22. The van der Waals surface area contributed by atoms with Crippen molar-refractivity contribution in [1.82, 2.24) is 33.8 Å². The Balaban J connectivity index is 1.82. The first-order chi connectivity index (χ1) is 19.9. The second kappa shape index (κ2) is 14.0. The number of amides is 1. The van der Waals surface area contributed by atoms with Crippen molar-refractivity contribution in [3.8, 4) is 0 Å². The third-order valence-corrected chi connectivity index (χ3v) is 7.02. The second-order valence-electron chi connectivity index (χ2n) is 9.96. The summed E-state index contributed by atoms with van der Waals surface area (Å²) in [5.41, 5.74) is 2.51. The van der Waals surface area contributed by atoms with Crippen LogP contribution in [0.15, 0.2) is 52.3 Å². The molecule has 12 heteroatoms. The molecule has 2 N–H and O–H groups in total. The third-order valence-electron chi connectivity index (χ3n) is 7.02. The summed E-state index contributed by atoms with van der Waals surface area (Å²) in [6.07, 6.45) is 4.82. The molecule has 3 aromatic heterocycles. The van der Waals surface area contributed by atoms with Gasteiger partial charge in [0.25, 0.3) is 5.56 Å². The first-order valence-electron chi connectivity index (χ1n) is 14.0. The quantitative estimate of drug-likeness (QED) is 0.237. The smallest absolute Gasteiger partial charge is 0.332 e. The Hall–Kier alpha value is -4.16. The number of anilines is 1. The van der Waals surface area contributed by atoms with E-state index in [0.29, 0.717) is 74.7 Å². The van der Waals surface area contributed by atoms with Crippen LogP contribution < -0.4 is 16.6 Å². The van der Waals surface area contributed by atoms with Crippen LogP contribution in [0.2, 0.25) is 0 Å². The summed E-state index contributed by atoms with van der Waals surface area (Å²) >= 11 is 0. The van der Waals surface area contributed by atoms with E-state index in [2.05, 4.69) is 20.4 Å². The molecule has 218 valence electrons. The summed E-state index contributed by atoms with van der Waals surface area (Å²) < 4.78 is 4.81. The minimum atomic E-state index is -0.389. The zero-order chi connectivity index (χ0) is 29.4. The van der Waals surface area contributed by atoms with Crippen LogP contribution in [0.25, 0.3) is 11.2 Å². The van der Waals surface area contributed by atoms with Gasteiger partial charge < -0.3 is 15.0 Å². The van der Waals surface area contributed by atoms with E-state index in [0.717, 1.165) is 17.7 Å². The lowest BCUT2D eigenvalue weighted by molar-refractivity contribution is -0.114. The van der Waals surface area contributed by atoms with Crippen LogP contribution in [0.4, 0.5) is 5.69 Å². The SMILES string of the molecule is CCCn1c(=O)c2c(nc(Cc3ccnnc3)n2CCN(CC)CCO)n(CCc2cccc(NC(C)=O)c2)c1=O. The van der Waals surface area contributed by atoms with Crippen LogP contribution in [0.5, 0.6) is 0 Å². The third kappa shape index (κ3) is 7.14. The lowest BCUT2D eigenvalue weighted by atomic mass is 10.1. The summed E-state index contributed by atoms with van der Waals surface area (Å²) in [5, 5.41) is 20.1. The highest BCUT2D eigenvalue weighted by atomic mass is 16.3. The Bertz CT molecular complexity index is 1590. The number of imidazole rings is 1. The first kappa shape index (κ1) is 29.8. The van der Waals surface area contributed by atoms with Gasteiger partial charge in [0.05, 0.1) is 12.8 Å². The molecule has 12 nitrogen and oxygen atoms in total. The number of aryl methyl sites for hydroxylation is 2. The number of hydrogen-bond donors (Lipinski definition) is 2. The van der Waals surface area contributed by atoms with E-state index in [1.807, 2.05) is 48.7 Å². The van der Waals surface area contributed by atoms with Crippen molar-refractivity contribution in [2.45, 2.75) is 59.7 Å². The summed E-state index contributed by atoms with van der Waals surface area (Å²) in [7, 11) is 0. The summed E-state index contributed by atoms with van der Waals surface area (Å²) in [6.45, 7) is 8.41. The predicted molar refractivity (Wildman–Crippen MR) is 157 cm³/mol. The summed E-state index contributed by atoms with van der Waals surface area (Å²) in [4.78, 5) is 46.0. The molecule has 0 atom stereocenters. The number of likely N-dealkylation sites (N-methyl/N-ethyl adjacent to an activating group) is 1. The molecule has 0 bridgehead atoms. The van der Waals surface area contributed by atoms with Crippen molar-refractivity contribution >= 4 is 22.8 Å². The average molecular weight is 563 g/mol. The standard InChI is InChI=1S/C29H38N8O4/c1-4-12-37-28(40)26-27(36(29(37)41)13-10-22-7-6-8-24(18-22)32-21(3)39)33-25(19-23-9-11-30-31-20-23)35(26)15-14-34(5-2)16-17-38/h6-9,11,18,20,38H,4-5,10,12-17,19H2,1-3H3,(H,32,39). The number of fused-ring (bicyclic) bond motifs is 1. The molecule has 0 saturated heterocycles. The number of hydrogen-bond acceptors (Lipinski definition) is 8. The van der Waals surface area contributed by atoms with Gasteiger partial charge in [-0.2, -0.15) is 10.2 Å². The highest BCUT2D eigenvalue weighted by molar-refractivity contribution is 5.88. The molecule has 0 fully saturated rings. The molecule has 0 aliphatic carbocycles. The van der Waals surface area contributed by atoms with Gasteiger partial charge in [-0.1, -0.05) is 26.0 Å². The van der Waals surface area contributed by atoms with Gasteiger partial charge in [-0.05, 0) is 48.7 Å². The van der Waals surface area contributed by atoms with Crippen LogP contribution in [-0.4, -0.2) is 71.0 Å². The maximum absolute atomic E-state index is 13.8. The second-order valence-corrected chi connectivity index (χ2v) is 9.96.